The number of nitrogen functional groups attached to an aromatic ring is 1. The van der Waals surface area contributed by atoms with Gasteiger partial charge in [0.2, 0.25) is 12.4 Å². The summed E-state index contributed by atoms with van der Waals surface area (Å²) in [4.78, 5) is 18.9. The molecular weight excluding hydrogens is 204 g/mol. The summed E-state index contributed by atoms with van der Waals surface area (Å²) in [5.74, 6) is -1.27. The molecule has 80 valence electrons. The first-order valence-electron chi connectivity index (χ1n) is 4.50. The number of nitrogens with two attached hydrogens (primary N) is 1. The molecule has 1 heterocycles. The summed E-state index contributed by atoms with van der Waals surface area (Å²) in [5, 5.41) is 0. The zero-order chi connectivity index (χ0) is 11.0. The normalized spacial score (nSPS) is 20.5. The number of anilines is 1. The molecule has 1 aromatic rings. The Balaban J connectivity index is 2.37. The number of hydrogen-bond donors (Lipinski definition) is 1. The zero-order valence-corrected chi connectivity index (χ0v) is 7.78. The first-order chi connectivity index (χ1) is 7.08. The van der Waals surface area contributed by atoms with Gasteiger partial charge in [-0.05, 0) is 6.42 Å². The molecular formula is C9H9F2N3O. The summed E-state index contributed by atoms with van der Waals surface area (Å²) in [6.45, 7) is 0. The molecule has 1 aliphatic rings. The van der Waals surface area contributed by atoms with E-state index in [-0.39, 0.29) is 24.6 Å². The van der Waals surface area contributed by atoms with Crippen molar-refractivity contribution in [3.63, 3.8) is 0 Å². The Morgan fingerprint density at radius 1 is 1.47 bits per heavy atom. The van der Waals surface area contributed by atoms with Gasteiger partial charge in [0, 0.05) is 18.5 Å². The minimum absolute atomic E-state index is 0.0106. The Hall–Kier alpha value is -1.59. The molecule has 0 radical (unpaired) electrons. The van der Waals surface area contributed by atoms with Crippen molar-refractivity contribution in [2.45, 2.75) is 19.3 Å². The zero-order valence-electron chi connectivity index (χ0n) is 7.78. The van der Waals surface area contributed by atoms with Crippen molar-refractivity contribution in [2.24, 2.45) is 5.92 Å². The fourth-order valence-corrected chi connectivity index (χ4v) is 1.67. The average Bonchev–Trinajstić information content (AvgIpc) is 2.16. The molecule has 0 amide bonds. The Morgan fingerprint density at radius 3 is 2.87 bits per heavy atom. The molecule has 0 aromatic carbocycles. The number of alkyl halides is 2. The SMILES string of the molecule is Nc1ncc2c(n1)C[C@H](C(F)F)CC2=O. The molecule has 15 heavy (non-hydrogen) atoms. The Kier molecular flexibility index (Phi) is 2.34. The highest BCUT2D eigenvalue weighted by atomic mass is 19.3. The first kappa shape index (κ1) is 9.95. The fourth-order valence-electron chi connectivity index (χ4n) is 1.67. The molecule has 0 bridgehead atoms. The van der Waals surface area contributed by atoms with Crippen molar-refractivity contribution in [1.29, 1.82) is 0 Å². The first-order valence-corrected chi connectivity index (χ1v) is 4.50. The standard InChI is InChI=1S/C9H9F2N3O/c10-8(11)4-1-6-5(7(15)2-4)3-13-9(12)14-6/h3-4,8H,1-2H2,(H2,12,13,14)/t4-/m0/s1. The van der Waals surface area contributed by atoms with Gasteiger partial charge in [0.15, 0.2) is 5.78 Å². The molecule has 0 fully saturated rings. The van der Waals surface area contributed by atoms with Crippen LogP contribution in [-0.2, 0) is 6.42 Å². The van der Waals surface area contributed by atoms with E-state index in [1.54, 1.807) is 0 Å². The smallest absolute Gasteiger partial charge is 0.242 e. The highest BCUT2D eigenvalue weighted by Crippen LogP contribution is 2.28. The summed E-state index contributed by atoms with van der Waals surface area (Å²) in [6, 6.07) is 0. The van der Waals surface area contributed by atoms with Crippen LogP contribution in [0.25, 0.3) is 0 Å². The van der Waals surface area contributed by atoms with Crippen molar-refractivity contribution < 1.29 is 13.6 Å². The van der Waals surface area contributed by atoms with E-state index in [1.165, 1.54) is 6.20 Å². The number of aromatic nitrogens is 2. The third-order valence-corrected chi connectivity index (χ3v) is 2.45. The average molecular weight is 213 g/mol. The predicted octanol–water partition coefficient (Wildman–Crippen LogP) is 1.07. The molecule has 0 aliphatic heterocycles. The van der Waals surface area contributed by atoms with Crippen LogP contribution in [-0.4, -0.2) is 22.2 Å². The molecule has 1 aromatic heterocycles. The van der Waals surface area contributed by atoms with Gasteiger partial charge in [0.05, 0.1) is 11.3 Å². The van der Waals surface area contributed by atoms with Gasteiger partial charge in [-0.25, -0.2) is 18.7 Å². The second-order valence-corrected chi connectivity index (χ2v) is 3.51. The van der Waals surface area contributed by atoms with Crippen LogP contribution in [0.4, 0.5) is 14.7 Å². The number of carbonyl (C=O) groups is 1. The van der Waals surface area contributed by atoms with Crippen LogP contribution in [0.1, 0.15) is 22.5 Å². The molecule has 0 spiro atoms. The van der Waals surface area contributed by atoms with Crippen molar-refractivity contribution >= 4 is 11.7 Å². The molecule has 0 saturated heterocycles. The maximum Gasteiger partial charge on any atom is 0.242 e. The van der Waals surface area contributed by atoms with Crippen LogP contribution in [0.15, 0.2) is 6.20 Å². The number of Topliss-reactive ketones (excluding diaryl/α,β-unsaturated/α-hetero) is 1. The minimum atomic E-state index is -2.50. The molecule has 1 atom stereocenters. The lowest BCUT2D eigenvalue weighted by Crippen LogP contribution is -2.26. The maximum atomic E-state index is 12.5. The number of fused-ring (bicyclic) bond motifs is 1. The van der Waals surface area contributed by atoms with Gasteiger partial charge >= 0.3 is 0 Å². The van der Waals surface area contributed by atoms with Crippen LogP contribution in [0.5, 0.6) is 0 Å². The predicted molar refractivity (Wildman–Crippen MR) is 48.6 cm³/mol. The van der Waals surface area contributed by atoms with Crippen LogP contribution in [0, 0.1) is 5.92 Å². The molecule has 4 nitrogen and oxygen atoms in total. The summed E-state index contributed by atoms with van der Waals surface area (Å²) in [6.07, 6.45) is -1.25. The molecule has 0 unspecified atom stereocenters. The number of rotatable bonds is 1. The van der Waals surface area contributed by atoms with E-state index in [0.717, 1.165) is 0 Å². The lowest BCUT2D eigenvalue weighted by atomic mass is 9.87. The van der Waals surface area contributed by atoms with Gasteiger partial charge in [-0.3, -0.25) is 4.79 Å². The summed E-state index contributed by atoms with van der Waals surface area (Å²) in [5.41, 5.74) is 5.99. The summed E-state index contributed by atoms with van der Waals surface area (Å²) >= 11 is 0. The number of nitrogens with zero attached hydrogens (tertiary/aromatic N) is 2. The second-order valence-electron chi connectivity index (χ2n) is 3.51. The molecule has 2 N–H and O–H groups in total. The monoisotopic (exact) mass is 213 g/mol. The number of carbonyl (C=O) groups excluding carboxylic acids is 1. The molecule has 1 aliphatic carbocycles. The van der Waals surface area contributed by atoms with Gasteiger partial charge in [0.1, 0.15) is 0 Å². The molecule has 2 rings (SSSR count). The van der Waals surface area contributed by atoms with E-state index in [1.807, 2.05) is 0 Å². The topological polar surface area (TPSA) is 68.9 Å². The van der Waals surface area contributed by atoms with E-state index >= 15 is 0 Å². The van der Waals surface area contributed by atoms with Crippen LogP contribution in [0.3, 0.4) is 0 Å². The second kappa shape index (κ2) is 3.52. The lowest BCUT2D eigenvalue weighted by molar-refractivity contribution is 0.0591. The number of halogens is 2. The van der Waals surface area contributed by atoms with Gasteiger partial charge in [0.25, 0.3) is 0 Å². The Bertz CT molecular complexity index is 408. The summed E-state index contributed by atoms with van der Waals surface area (Å²) < 4.78 is 24.9. The molecule has 6 heteroatoms. The minimum Gasteiger partial charge on any atom is -0.368 e. The van der Waals surface area contributed by atoms with Crippen molar-refractivity contribution in [3.8, 4) is 0 Å². The quantitative estimate of drug-likeness (QED) is 0.757. The van der Waals surface area contributed by atoms with E-state index < -0.39 is 12.3 Å². The Labute approximate surface area is 84.5 Å². The van der Waals surface area contributed by atoms with Crippen LogP contribution < -0.4 is 5.73 Å². The molecule has 0 saturated carbocycles. The van der Waals surface area contributed by atoms with Gasteiger partial charge in [-0.15, -0.1) is 0 Å². The van der Waals surface area contributed by atoms with Gasteiger partial charge in [-0.2, -0.15) is 0 Å². The van der Waals surface area contributed by atoms with E-state index in [9.17, 15) is 13.6 Å². The van der Waals surface area contributed by atoms with Crippen LogP contribution in [0.2, 0.25) is 0 Å². The Morgan fingerprint density at radius 2 is 2.20 bits per heavy atom. The lowest BCUT2D eigenvalue weighted by Gasteiger charge is -2.21. The van der Waals surface area contributed by atoms with E-state index in [0.29, 0.717) is 11.3 Å². The number of hydrogen-bond acceptors (Lipinski definition) is 4. The van der Waals surface area contributed by atoms with E-state index in [2.05, 4.69) is 9.97 Å². The third-order valence-electron chi connectivity index (χ3n) is 2.45. The highest BCUT2D eigenvalue weighted by Gasteiger charge is 2.32. The van der Waals surface area contributed by atoms with Crippen molar-refractivity contribution in [1.82, 2.24) is 9.97 Å². The number of ketones is 1. The third kappa shape index (κ3) is 1.79. The maximum absolute atomic E-state index is 12.5. The summed E-state index contributed by atoms with van der Waals surface area (Å²) in [7, 11) is 0. The highest BCUT2D eigenvalue weighted by molar-refractivity contribution is 5.98. The van der Waals surface area contributed by atoms with E-state index in [4.69, 9.17) is 5.73 Å². The largest absolute Gasteiger partial charge is 0.368 e. The fraction of sp³-hybridized carbons (Fsp3) is 0.444. The van der Waals surface area contributed by atoms with Gasteiger partial charge in [-0.1, -0.05) is 0 Å². The van der Waals surface area contributed by atoms with Crippen molar-refractivity contribution in [3.05, 3.63) is 17.5 Å². The van der Waals surface area contributed by atoms with Crippen LogP contribution >= 0.6 is 0 Å². The van der Waals surface area contributed by atoms with Crippen molar-refractivity contribution in [2.75, 3.05) is 5.73 Å². The van der Waals surface area contributed by atoms with Gasteiger partial charge < -0.3 is 5.73 Å².